The summed E-state index contributed by atoms with van der Waals surface area (Å²) in [4.78, 5) is 39.7. The summed E-state index contributed by atoms with van der Waals surface area (Å²) in [6, 6.07) is 2.86. The van der Waals surface area contributed by atoms with Crippen LogP contribution in [0.5, 0.6) is 0 Å². The smallest absolute Gasteiger partial charge is 0.322 e. The van der Waals surface area contributed by atoms with E-state index in [9.17, 15) is 14.4 Å². The first-order chi connectivity index (χ1) is 11.7. The third kappa shape index (κ3) is 6.14. The minimum Gasteiger partial charge on any atom is -0.462 e. The molecule has 0 aliphatic rings. The number of ether oxygens (including phenoxy) is 1. The SMILES string of the molecule is CCNC(=O)c1cc(Cl)cc(N=CC(C(C)=O)C(=O)OC(C)C)c1Cl. The number of esters is 1. The molecule has 0 fully saturated rings. The molecule has 6 nitrogen and oxygen atoms in total. The summed E-state index contributed by atoms with van der Waals surface area (Å²) in [6.07, 6.45) is 0.786. The summed E-state index contributed by atoms with van der Waals surface area (Å²) in [5, 5.41) is 2.94. The lowest BCUT2D eigenvalue weighted by molar-refractivity contribution is -0.151. The molecule has 1 amide bonds. The van der Waals surface area contributed by atoms with Crippen molar-refractivity contribution < 1.29 is 19.1 Å². The van der Waals surface area contributed by atoms with Crippen molar-refractivity contribution in [2.45, 2.75) is 33.8 Å². The van der Waals surface area contributed by atoms with Crippen molar-refractivity contribution in [2.24, 2.45) is 10.9 Å². The van der Waals surface area contributed by atoms with Crippen LogP contribution in [0.25, 0.3) is 0 Å². The van der Waals surface area contributed by atoms with E-state index in [0.717, 1.165) is 6.21 Å². The first kappa shape index (κ1) is 21.1. The quantitative estimate of drug-likeness (QED) is 0.440. The maximum atomic E-state index is 12.0. The van der Waals surface area contributed by atoms with Crippen LogP contribution < -0.4 is 5.32 Å². The molecule has 136 valence electrons. The Balaban J connectivity index is 3.19. The number of hydrogen-bond acceptors (Lipinski definition) is 5. The molecule has 0 saturated carbocycles. The van der Waals surface area contributed by atoms with Crippen molar-refractivity contribution in [3.05, 3.63) is 27.7 Å². The number of halogens is 2. The number of Topliss-reactive ketones (excluding diaryl/α,β-unsaturated/α-hetero) is 1. The highest BCUT2D eigenvalue weighted by Gasteiger charge is 2.24. The third-order valence-corrected chi connectivity index (χ3v) is 3.62. The molecule has 1 rings (SSSR count). The van der Waals surface area contributed by atoms with E-state index in [0.29, 0.717) is 6.54 Å². The van der Waals surface area contributed by atoms with Gasteiger partial charge in [0.15, 0.2) is 5.92 Å². The largest absolute Gasteiger partial charge is 0.462 e. The summed E-state index contributed by atoms with van der Waals surface area (Å²) in [7, 11) is 0. The number of benzene rings is 1. The van der Waals surface area contributed by atoms with Crippen molar-refractivity contribution in [3.8, 4) is 0 Å². The van der Waals surface area contributed by atoms with E-state index >= 15 is 0 Å². The van der Waals surface area contributed by atoms with Crippen LogP contribution in [0.1, 0.15) is 38.1 Å². The van der Waals surface area contributed by atoms with Gasteiger partial charge in [-0.1, -0.05) is 23.2 Å². The number of carbonyl (C=O) groups is 3. The van der Waals surface area contributed by atoms with Crippen LogP contribution in [-0.4, -0.2) is 36.5 Å². The maximum Gasteiger partial charge on any atom is 0.322 e. The average Bonchev–Trinajstić information content (AvgIpc) is 2.49. The van der Waals surface area contributed by atoms with Crippen molar-refractivity contribution in [2.75, 3.05) is 6.54 Å². The van der Waals surface area contributed by atoms with Crippen molar-refractivity contribution in [1.82, 2.24) is 5.32 Å². The highest BCUT2D eigenvalue weighted by molar-refractivity contribution is 6.38. The highest BCUT2D eigenvalue weighted by atomic mass is 35.5. The zero-order valence-corrected chi connectivity index (χ0v) is 15.9. The van der Waals surface area contributed by atoms with Crippen LogP contribution in [0.15, 0.2) is 17.1 Å². The van der Waals surface area contributed by atoms with Gasteiger partial charge < -0.3 is 10.1 Å². The molecule has 1 N–H and O–H groups in total. The predicted molar refractivity (Wildman–Crippen MR) is 98.0 cm³/mol. The predicted octanol–water partition coefficient (Wildman–Crippen LogP) is 3.60. The summed E-state index contributed by atoms with van der Waals surface area (Å²) < 4.78 is 5.04. The van der Waals surface area contributed by atoms with Crippen LogP contribution in [-0.2, 0) is 14.3 Å². The summed E-state index contributed by atoms with van der Waals surface area (Å²) in [5.41, 5.74) is 0.339. The number of hydrogen-bond donors (Lipinski definition) is 1. The molecule has 0 bridgehead atoms. The second-order valence-electron chi connectivity index (χ2n) is 5.50. The van der Waals surface area contributed by atoms with Gasteiger partial charge in [0.2, 0.25) is 0 Å². The van der Waals surface area contributed by atoms with E-state index in [1.165, 1.54) is 19.1 Å². The molecule has 0 saturated heterocycles. The number of rotatable bonds is 7. The monoisotopic (exact) mass is 386 g/mol. The fourth-order valence-electron chi connectivity index (χ4n) is 1.88. The fourth-order valence-corrected chi connectivity index (χ4v) is 2.34. The Bertz CT molecular complexity index is 702. The number of amides is 1. The Morgan fingerprint density at radius 2 is 1.92 bits per heavy atom. The first-order valence-corrected chi connectivity index (χ1v) is 8.45. The van der Waals surface area contributed by atoms with Gasteiger partial charge in [-0.15, -0.1) is 0 Å². The zero-order valence-electron chi connectivity index (χ0n) is 14.4. The lowest BCUT2D eigenvalue weighted by Crippen LogP contribution is -2.27. The lowest BCUT2D eigenvalue weighted by atomic mass is 10.1. The molecular formula is C17H20Cl2N2O4. The Labute approximate surface area is 156 Å². The number of aliphatic imine (C=N–C) groups is 1. The van der Waals surface area contributed by atoms with Gasteiger partial charge in [0.05, 0.1) is 22.4 Å². The minimum atomic E-state index is -1.16. The average molecular weight is 387 g/mol. The zero-order chi connectivity index (χ0) is 19.1. The van der Waals surface area contributed by atoms with E-state index in [2.05, 4.69) is 10.3 Å². The summed E-state index contributed by atoms with van der Waals surface area (Å²) in [5.74, 6) is -2.68. The van der Waals surface area contributed by atoms with Gasteiger partial charge in [0, 0.05) is 17.8 Å². The van der Waals surface area contributed by atoms with E-state index < -0.39 is 23.6 Å². The van der Waals surface area contributed by atoms with Gasteiger partial charge in [0.1, 0.15) is 5.78 Å². The minimum absolute atomic E-state index is 0.0751. The molecule has 0 spiro atoms. The highest BCUT2D eigenvalue weighted by Crippen LogP contribution is 2.32. The summed E-state index contributed by atoms with van der Waals surface area (Å²) in [6.45, 7) is 6.82. The second-order valence-corrected chi connectivity index (χ2v) is 6.31. The van der Waals surface area contributed by atoms with Crippen LogP contribution in [0.2, 0.25) is 10.0 Å². The van der Waals surface area contributed by atoms with E-state index in [1.54, 1.807) is 20.8 Å². The molecule has 0 aromatic heterocycles. The van der Waals surface area contributed by atoms with Crippen molar-refractivity contribution in [1.29, 1.82) is 0 Å². The van der Waals surface area contributed by atoms with Gasteiger partial charge in [-0.05, 0) is 39.8 Å². The number of carbonyl (C=O) groups excluding carboxylic acids is 3. The second kappa shape index (κ2) is 9.53. The van der Waals surface area contributed by atoms with Crippen LogP contribution in [0.4, 0.5) is 5.69 Å². The molecule has 1 atom stereocenters. The molecule has 0 aliphatic carbocycles. The molecule has 1 aromatic carbocycles. The van der Waals surface area contributed by atoms with Crippen LogP contribution in [0, 0.1) is 5.92 Å². The molecule has 0 radical (unpaired) electrons. The van der Waals surface area contributed by atoms with E-state index in [4.69, 9.17) is 27.9 Å². The van der Waals surface area contributed by atoms with Crippen molar-refractivity contribution in [3.63, 3.8) is 0 Å². The maximum absolute atomic E-state index is 12.0. The molecule has 1 aromatic rings. The number of ketones is 1. The number of nitrogens with one attached hydrogen (secondary N) is 1. The Kier molecular flexibility index (Phi) is 8.06. The summed E-state index contributed by atoms with van der Waals surface area (Å²) >= 11 is 12.2. The van der Waals surface area contributed by atoms with E-state index in [-0.39, 0.29) is 27.4 Å². The molecule has 1 unspecified atom stereocenters. The van der Waals surface area contributed by atoms with Gasteiger partial charge in [-0.25, -0.2) is 0 Å². The molecule has 25 heavy (non-hydrogen) atoms. The van der Waals surface area contributed by atoms with Gasteiger partial charge in [-0.3, -0.25) is 19.4 Å². The normalized spacial score (nSPS) is 12.3. The topological polar surface area (TPSA) is 84.8 Å². The first-order valence-electron chi connectivity index (χ1n) is 7.69. The standard InChI is InChI=1S/C17H20Cl2N2O4/c1-5-20-16(23)12-6-11(18)7-14(15(12)19)21-8-13(10(4)22)17(24)25-9(2)3/h6-9,13H,5H2,1-4H3,(H,20,23). The lowest BCUT2D eigenvalue weighted by Gasteiger charge is -2.12. The van der Waals surface area contributed by atoms with Crippen LogP contribution >= 0.6 is 23.2 Å². The van der Waals surface area contributed by atoms with Crippen LogP contribution in [0.3, 0.4) is 0 Å². The fraction of sp³-hybridized carbons (Fsp3) is 0.412. The van der Waals surface area contributed by atoms with Gasteiger partial charge >= 0.3 is 5.97 Å². The number of nitrogens with zero attached hydrogens (tertiary/aromatic N) is 1. The van der Waals surface area contributed by atoms with Crippen molar-refractivity contribution >= 4 is 52.8 Å². The van der Waals surface area contributed by atoms with Gasteiger partial charge in [0.25, 0.3) is 5.91 Å². The van der Waals surface area contributed by atoms with Gasteiger partial charge in [-0.2, -0.15) is 0 Å². The molecule has 0 heterocycles. The molecule has 0 aliphatic heterocycles. The molecular weight excluding hydrogens is 367 g/mol. The Morgan fingerprint density at radius 1 is 1.28 bits per heavy atom. The van der Waals surface area contributed by atoms with E-state index in [1.807, 2.05) is 0 Å². The third-order valence-electron chi connectivity index (χ3n) is 3.01. The Hall–Kier alpha value is -1.92. The Morgan fingerprint density at radius 3 is 2.44 bits per heavy atom. The molecule has 8 heteroatoms.